The first-order valence-corrected chi connectivity index (χ1v) is 16.6. The van der Waals surface area contributed by atoms with Gasteiger partial charge in [0.15, 0.2) is 5.16 Å². The van der Waals surface area contributed by atoms with Crippen LogP contribution in [-0.2, 0) is 16.6 Å². The van der Waals surface area contributed by atoms with Crippen LogP contribution in [0.2, 0.25) is 5.02 Å². The number of nitrogens with two attached hydrogens (primary N) is 1. The topological polar surface area (TPSA) is 78.1 Å². The lowest BCUT2D eigenvalue weighted by atomic mass is 9.75. The van der Waals surface area contributed by atoms with E-state index in [4.69, 9.17) is 27.1 Å². The minimum atomic E-state index is -0.531. The van der Waals surface area contributed by atoms with E-state index in [0.29, 0.717) is 11.6 Å². The quantitative estimate of drug-likeness (QED) is 0.0639. The van der Waals surface area contributed by atoms with Crippen molar-refractivity contribution < 1.29 is 9.53 Å². The van der Waals surface area contributed by atoms with Gasteiger partial charge in [0.25, 0.3) is 0 Å². The van der Waals surface area contributed by atoms with Crippen LogP contribution in [0.4, 0.5) is 0 Å². The molecule has 0 saturated heterocycles. The van der Waals surface area contributed by atoms with E-state index in [1.54, 1.807) is 18.9 Å². The Balaban J connectivity index is 0.000000309. The molecule has 0 atom stereocenters. The number of hydrogen-bond acceptors (Lipinski definition) is 6. The highest BCUT2D eigenvalue weighted by molar-refractivity contribution is 7.99. The average Bonchev–Trinajstić information content (AvgIpc) is 3.37. The minimum Gasteiger partial charge on any atom is -0.497 e. The van der Waals surface area contributed by atoms with Crippen molar-refractivity contribution in [3.63, 3.8) is 0 Å². The number of aromatic nitrogens is 2. The molecule has 0 saturated carbocycles. The molecule has 1 aliphatic rings. The van der Waals surface area contributed by atoms with E-state index in [1.807, 2.05) is 72.9 Å². The molecular formula is C38H38ClN3O2S. The number of benzene rings is 4. The molecule has 0 aliphatic heterocycles. The highest BCUT2D eigenvalue weighted by Crippen LogP contribution is 2.50. The maximum Gasteiger partial charge on any atom is 0.188 e. The molecule has 0 radical (unpaired) electrons. The third-order valence-electron chi connectivity index (χ3n) is 8.12. The lowest BCUT2D eigenvalue weighted by Gasteiger charge is -2.25. The van der Waals surface area contributed by atoms with Crippen molar-refractivity contribution in [3.8, 4) is 28.1 Å². The van der Waals surface area contributed by atoms with Crippen molar-refractivity contribution >= 4 is 29.6 Å². The predicted molar refractivity (Wildman–Crippen MR) is 186 cm³/mol. The number of aldehydes is 1. The maximum atomic E-state index is 12.5. The first-order chi connectivity index (χ1) is 22.1. The lowest BCUT2D eigenvalue weighted by Crippen LogP contribution is -2.27. The van der Waals surface area contributed by atoms with E-state index in [-0.39, 0.29) is 0 Å². The molecule has 7 heteroatoms. The van der Waals surface area contributed by atoms with Gasteiger partial charge in [-0.05, 0) is 84.0 Å². The smallest absolute Gasteiger partial charge is 0.188 e. The summed E-state index contributed by atoms with van der Waals surface area (Å²) in [7, 11) is 1.66. The molecule has 0 amide bonds. The van der Waals surface area contributed by atoms with Crippen LogP contribution in [-0.4, -0.2) is 35.7 Å². The fourth-order valence-corrected chi connectivity index (χ4v) is 6.77. The van der Waals surface area contributed by atoms with Gasteiger partial charge in [-0.1, -0.05) is 109 Å². The maximum absolute atomic E-state index is 12.5. The first-order valence-electron chi connectivity index (χ1n) is 15.3. The second kappa shape index (κ2) is 15.8. The van der Waals surface area contributed by atoms with Gasteiger partial charge in [0.1, 0.15) is 12.0 Å². The van der Waals surface area contributed by atoms with Crippen LogP contribution in [0, 0.1) is 0 Å². The minimum absolute atomic E-state index is 0.531. The van der Waals surface area contributed by atoms with Gasteiger partial charge in [-0.3, -0.25) is 0 Å². The number of carbonyl (C=O) groups excluding carboxylic acids is 1. The normalized spacial score (nSPS) is 12.4. The van der Waals surface area contributed by atoms with Crippen LogP contribution >= 0.6 is 23.4 Å². The zero-order valence-corrected chi connectivity index (χ0v) is 27.1. The Morgan fingerprint density at radius 1 is 0.844 bits per heavy atom. The van der Waals surface area contributed by atoms with E-state index < -0.39 is 5.41 Å². The predicted octanol–water partition coefficient (Wildman–Crippen LogP) is 8.81. The zero-order valence-electron chi connectivity index (χ0n) is 25.5. The van der Waals surface area contributed by atoms with Gasteiger partial charge in [-0.2, -0.15) is 0 Å². The van der Waals surface area contributed by atoms with Gasteiger partial charge in [-0.15, -0.1) is 0 Å². The second-order valence-corrected chi connectivity index (χ2v) is 12.5. The molecule has 0 bridgehead atoms. The van der Waals surface area contributed by atoms with Gasteiger partial charge in [0, 0.05) is 22.5 Å². The van der Waals surface area contributed by atoms with E-state index >= 15 is 0 Å². The third-order valence-corrected chi connectivity index (χ3v) is 9.32. The van der Waals surface area contributed by atoms with Gasteiger partial charge in [0.2, 0.25) is 0 Å². The van der Waals surface area contributed by atoms with E-state index in [0.717, 1.165) is 71.1 Å². The number of rotatable bonds is 12. The fourth-order valence-electron chi connectivity index (χ4n) is 5.81. The van der Waals surface area contributed by atoms with Crippen molar-refractivity contribution in [2.24, 2.45) is 5.73 Å². The summed E-state index contributed by atoms with van der Waals surface area (Å²) in [5.74, 6) is 1.84. The Kier molecular flexibility index (Phi) is 11.4. The number of carbonyl (C=O) groups is 1. The Morgan fingerprint density at radius 3 is 2.13 bits per heavy atom. The summed E-state index contributed by atoms with van der Waals surface area (Å²) in [5, 5.41) is 1.50. The summed E-state index contributed by atoms with van der Waals surface area (Å²) in [5.41, 5.74) is 12.7. The van der Waals surface area contributed by atoms with Crippen molar-refractivity contribution in [1.29, 1.82) is 0 Å². The molecule has 1 heterocycles. The SMILES string of the molecule is COc1ccc(CCN)cc1.O=CC1(CCCCCSc2nccc(-c3ccc(Cl)cc3)n2)c2ccccc2-c2ccccc21. The molecule has 0 spiro atoms. The summed E-state index contributed by atoms with van der Waals surface area (Å²) in [4.78, 5) is 21.6. The standard InChI is InChI=1S/C29H25ClN2OS.C9H13NO/c30-22-14-12-21(13-15-22)27-16-18-31-28(32-27)34-19-7-1-6-17-29(20-33)25-10-4-2-8-23(25)24-9-3-5-11-26(24)29;1-11-9-4-2-8(3-5-9)6-7-10/h2-5,8-16,18,20H,1,6-7,17,19H2;2-5H,6-7,10H2,1H3. The van der Waals surface area contributed by atoms with E-state index in [9.17, 15) is 4.79 Å². The number of methoxy groups -OCH3 is 1. The Labute approximate surface area is 275 Å². The molecule has 6 rings (SSSR count). The molecule has 0 unspecified atom stereocenters. The van der Waals surface area contributed by atoms with Crippen LogP contribution in [0.1, 0.15) is 42.4 Å². The highest BCUT2D eigenvalue weighted by Gasteiger charge is 2.42. The molecule has 45 heavy (non-hydrogen) atoms. The Hall–Kier alpha value is -3.97. The molecule has 5 aromatic rings. The zero-order chi connectivity index (χ0) is 31.5. The van der Waals surface area contributed by atoms with Crippen LogP contribution in [0.25, 0.3) is 22.4 Å². The molecule has 5 nitrogen and oxygen atoms in total. The van der Waals surface area contributed by atoms with Crippen molar-refractivity contribution in [2.45, 2.75) is 42.7 Å². The lowest BCUT2D eigenvalue weighted by molar-refractivity contribution is -0.111. The van der Waals surface area contributed by atoms with E-state index in [2.05, 4.69) is 41.4 Å². The average molecular weight is 636 g/mol. The number of nitrogens with zero attached hydrogens (tertiary/aromatic N) is 2. The fraction of sp³-hybridized carbons (Fsp3) is 0.237. The number of hydrogen-bond donors (Lipinski definition) is 1. The number of halogens is 1. The summed E-state index contributed by atoms with van der Waals surface area (Å²) in [6.07, 6.45) is 7.85. The van der Waals surface area contributed by atoms with E-state index in [1.165, 1.54) is 23.0 Å². The van der Waals surface area contributed by atoms with Crippen LogP contribution in [0.15, 0.2) is 114 Å². The number of fused-ring (bicyclic) bond motifs is 3. The number of thioether (sulfide) groups is 1. The molecule has 1 aromatic heterocycles. The van der Waals surface area contributed by atoms with Gasteiger partial charge in [-0.25, -0.2) is 9.97 Å². The van der Waals surface area contributed by atoms with Crippen LogP contribution in [0.3, 0.4) is 0 Å². The molecule has 230 valence electrons. The van der Waals surface area contributed by atoms with Gasteiger partial charge >= 0.3 is 0 Å². The van der Waals surface area contributed by atoms with Crippen molar-refractivity contribution in [2.75, 3.05) is 19.4 Å². The largest absolute Gasteiger partial charge is 0.497 e. The molecule has 4 aromatic carbocycles. The van der Waals surface area contributed by atoms with Gasteiger partial charge < -0.3 is 15.3 Å². The molecule has 0 fully saturated rings. The summed E-state index contributed by atoms with van der Waals surface area (Å²) >= 11 is 7.67. The summed E-state index contributed by atoms with van der Waals surface area (Å²) in [6.45, 7) is 0.701. The molecule has 2 N–H and O–H groups in total. The highest BCUT2D eigenvalue weighted by atomic mass is 35.5. The molecular weight excluding hydrogens is 598 g/mol. The summed E-state index contributed by atoms with van der Waals surface area (Å²) in [6, 6.07) is 34.3. The van der Waals surface area contributed by atoms with Gasteiger partial charge in [0.05, 0.1) is 18.2 Å². The van der Waals surface area contributed by atoms with Crippen molar-refractivity contribution in [1.82, 2.24) is 9.97 Å². The Morgan fingerprint density at radius 2 is 1.51 bits per heavy atom. The third kappa shape index (κ3) is 7.82. The van der Waals surface area contributed by atoms with Crippen LogP contribution in [0.5, 0.6) is 5.75 Å². The number of ether oxygens (including phenoxy) is 1. The number of unbranched alkanes of at least 4 members (excludes halogenated alkanes) is 2. The van der Waals surface area contributed by atoms with Crippen LogP contribution < -0.4 is 10.5 Å². The Bertz CT molecular complexity index is 1650. The molecule has 1 aliphatic carbocycles. The summed E-state index contributed by atoms with van der Waals surface area (Å²) < 4.78 is 5.02. The first kappa shape index (κ1) is 32.4. The van der Waals surface area contributed by atoms with Crippen molar-refractivity contribution in [3.05, 3.63) is 131 Å². The second-order valence-electron chi connectivity index (χ2n) is 11.0. The monoisotopic (exact) mass is 635 g/mol.